The first-order valence-corrected chi connectivity index (χ1v) is 3.52. The number of rotatable bonds is 2. The van der Waals surface area contributed by atoms with E-state index in [0.717, 1.165) is 5.56 Å². The monoisotopic (exact) mass is 179 g/mol. The van der Waals surface area contributed by atoms with Crippen LogP contribution in [0.1, 0.15) is 5.56 Å². The third-order valence-corrected chi connectivity index (χ3v) is 1.20. The number of nitrogens with zero attached hydrogens (tertiary/aromatic N) is 1. The minimum Gasteiger partial charge on any atom is -0.472 e. The lowest BCUT2D eigenvalue weighted by Gasteiger charge is -1.85. The largest absolute Gasteiger partial charge is 0.472 e. The highest BCUT2D eigenvalue weighted by Crippen LogP contribution is 2.01. The van der Waals surface area contributed by atoms with Gasteiger partial charge in [-0.1, -0.05) is 0 Å². The Labute approximate surface area is 74.7 Å². The van der Waals surface area contributed by atoms with E-state index >= 15 is 0 Å². The first-order valence-electron chi connectivity index (χ1n) is 3.52. The predicted molar refractivity (Wildman–Crippen MR) is 48.6 cm³/mol. The maximum absolute atomic E-state index is 10.9. The van der Waals surface area contributed by atoms with Crippen LogP contribution in [0.2, 0.25) is 0 Å². The lowest BCUT2D eigenvalue weighted by Crippen LogP contribution is -2.23. The van der Waals surface area contributed by atoms with Gasteiger partial charge < -0.3 is 15.9 Å². The quantitative estimate of drug-likeness (QED) is 0.382. The molecule has 68 valence electrons. The Bertz CT molecular complexity index is 334. The predicted octanol–water partition coefficient (Wildman–Crippen LogP) is 0.0928. The molecule has 1 amide bonds. The fourth-order valence-corrected chi connectivity index (χ4v) is 0.702. The normalized spacial score (nSPS) is 10.2. The standard InChI is InChI=1S/C8H9N3O2/c9-8(10)11-7(12)2-1-6-3-4-13-5-6/h1-5H,(H4,9,10,11,12). The first kappa shape index (κ1) is 9.05. The fourth-order valence-electron chi connectivity index (χ4n) is 0.702. The second-order valence-corrected chi connectivity index (χ2v) is 2.26. The molecule has 0 fully saturated rings. The minimum absolute atomic E-state index is 0.248. The Morgan fingerprint density at radius 2 is 2.31 bits per heavy atom. The van der Waals surface area contributed by atoms with Crippen LogP contribution >= 0.6 is 0 Å². The number of hydrogen-bond donors (Lipinski definition) is 2. The average molecular weight is 179 g/mol. The molecule has 0 aliphatic rings. The number of carbonyl (C=O) groups excluding carboxylic acids is 1. The lowest BCUT2D eigenvalue weighted by molar-refractivity contribution is -0.113. The molecule has 0 spiro atoms. The molecule has 1 heterocycles. The third kappa shape index (κ3) is 3.24. The second kappa shape index (κ2) is 4.10. The summed E-state index contributed by atoms with van der Waals surface area (Å²) in [5.74, 6) is -0.747. The number of aliphatic imine (C=N–C) groups is 1. The van der Waals surface area contributed by atoms with Gasteiger partial charge in [0, 0.05) is 11.6 Å². The van der Waals surface area contributed by atoms with Gasteiger partial charge in [-0.15, -0.1) is 0 Å². The Morgan fingerprint density at radius 3 is 2.85 bits per heavy atom. The van der Waals surface area contributed by atoms with Crippen molar-refractivity contribution in [2.75, 3.05) is 0 Å². The topological polar surface area (TPSA) is 94.6 Å². The Balaban J connectivity index is 2.59. The molecular formula is C8H9N3O2. The van der Waals surface area contributed by atoms with Crippen molar-refractivity contribution in [2.24, 2.45) is 16.5 Å². The van der Waals surface area contributed by atoms with Gasteiger partial charge in [-0.05, 0) is 12.1 Å². The maximum atomic E-state index is 10.9. The lowest BCUT2D eigenvalue weighted by atomic mass is 10.3. The summed E-state index contributed by atoms with van der Waals surface area (Å²) in [4.78, 5) is 14.2. The number of hydrogen-bond acceptors (Lipinski definition) is 2. The fraction of sp³-hybridized carbons (Fsp3) is 0. The molecule has 0 aliphatic heterocycles. The molecule has 0 bridgehead atoms. The molecule has 0 unspecified atom stereocenters. The molecular weight excluding hydrogens is 170 g/mol. The molecule has 1 rings (SSSR count). The molecule has 0 saturated heterocycles. The Morgan fingerprint density at radius 1 is 1.54 bits per heavy atom. The van der Waals surface area contributed by atoms with Gasteiger partial charge in [0.2, 0.25) is 0 Å². The van der Waals surface area contributed by atoms with E-state index in [1.807, 2.05) is 0 Å². The first-order chi connectivity index (χ1) is 6.18. The summed E-state index contributed by atoms with van der Waals surface area (Å²) in [6.07, 6.45) is 5.81. The van der Waals surface area contributed by atoms with Crippen molar-refractivity contribution in [3.8, 4) is 0 Å². The van der Waals surface area contributed by atoms with E-state index in [0.29, 0.717) is 0 Å². The van der Waals surface area contributed by atoms with Crippen molar-refractivity contribution in [1.29, 1.82) is 0 Å². The Hall–Kier alpha value is -2.04. The molecule has 0 atom stereocenters. The van der Waals surface area contributed by atoms with Crippen molar-refractivity contribution < 1.29 is 9.21 Å². The molecule has 13 heavy (non-hydrogen) atoms. The molecule has 4 N–H and O–H groups in total. The summed E-state index contributed by atoms with van der Waals surface area (Å²) < 4.78 is 4.78. The highest BCUT2D eigenvalue weighted by molar-refractivity contribution is 5.99. The highest BCUT2D eigenvalue weighted by Gasteiger charge is 1.92. The van der Waals surface area contributed by atoms with Crippen LogP contribution < -0.4 is 11.5 Å². The number of carbonyl (C=O) groups is 1. The van der Waals surface area contributed by atoms with Crippen molar-refractivity contribution in [3.05, 3.63) is 30.2 Å². The van der Waals surface area contributed by atoms with E-state index in [4.69, 9.17) is 15.9 Å². The third-order valence-electron chi connectivity index (χ3n) is 1.20. The molecule has 1 aromatic heterocycles. The molecule has 1 aromatic rings. The zero-order chi connectivity index (χ0) is 9.68. The second-order valence-electron chi connectivity index (χ2n) is 2.26. The van der Waals surface area contributed by atoms with E-state index < -0.39 is 5.91 Å². The zero-order valence-corrected chi connectivity index (χ0v) is 6.81. The van der Waals surface area contributed by atoms with Crippen molar-refractivity contribution in [3.63, 3.8) is 0 Å². The number of nitrogens with two attached hydrogens (primary N) is 2. The van der Waals surface area contributed by atoms with E-state index in [1.54, 1.807) is 12.1 Å². The van der Waals surface area contributed by atoms with E-state index in [-0.39, 0.29) is 5.96 Å². The van der Waals surface area contributed by atoms with Crippen molar-refractivity contribution in [2.45, 2.75) is 0 Å². The Kier molecular flexibility index (Phi) is 2.86. The van der Waals surface area contributed by atoms with Gasteiger partial charge in [0.15, 0.2) is 5.96 Å². The van der Waals surface area contributed by atoms with E-state index in [9.17, 15) is 4.79 Å². The summed E-state index contributed by atoms with van der Waals surface area (Å²) in [6.45, 7) is 0. The summed E-state index contributed by atoms with van der Waals surface area (Å²) in [5.41, 5.74) is 10.8. The van der Waals surface area contributed by atoms with Crippen LogP contribution in [0.3, 0.4) is 0 Å². The van der Waals surface area contributed by atoms with Gasteiger partial charge in [0.25, 0.3) is 5.91 Å². The molecule has 0 aromatic carbocycles. The molecule has 0 radical (unpaired) electrons. The molecule has 0 saturated carbocycles. The summed E-state index contributed by atoms with van der Waals surface area (Å²) >= 11 is 0. The van der Waals surface area contributed by atoms with E-state index in [2.05, 4.69) is 4.99 Å². The van der Waals surface area contributed by atoms with E-state index in [1.165, 1.54) is 18.6 Å². The van der Waals surface area contributed by atoms with Crippen LogP contribution in [-0.4, -0.2) is 11.9 Å². The van der Waals surface area contributed by atoms with Gasteiger partial charge >= 0.3 is 0 Å². The van der Waals surface area contributed by atoms with Gasteiger partial charge in [0.1, 0.15) is 0 Å². The molecule has 0 aliphatic carbocycles. The number of guanidine groups is 1. The van der Waals surface area contributed by atoms with Crippen LogP contribution in [0.25, 0.3) is 6.08 Å². The minimum atomic E-state index is -0.499. The van der Waals surface area contributed by atoms with Gasteiger partial charge in [0.05, 0.1) is 12.5 Å². The van der Waals surface area contributed by atoms with Crippen LogP contribution in [0.15, 0.2) is 34.1 Å². The average Bonchev–Trinajstić information content (AvgIpc) is 2.51. The van der Waals surface area contributed by atoms with Gasteiger partial charge in [-0.2, -0.15) is 4.99 Å². The summed E-state index contributed by atoms with van der Waals surface area (Å²) in [7, 11) is 0. The van der Waals surface area contributed by atoms with Crippen LogP contribution in [0.5, 0.6) is 0 Å². The van der Waals surface area contributed by atoms with Crippen molar-refractivity contribution in [1.82, 2.24) is 0 Å². The van der Waals surface area contributed by atoms with Crippen LogP contribution in [0, 0.1) is 0 Å². The van der Waals surface area contributed by atoms with Gasteiger partial charge in [-0.3, -0.25) is 4.79 Å². The highest BCUT2D eigenvalue weighted by atomic mass is 16.3. The molecule has 5 heteroatoms. The SMILES string of the molecule is NC(N)=NC(=O)C=Cc1ccoc1. The van der Waals surface area contributed by atoms with Crippen LogP contribution in [-0.2, 0) is 4.79 Å². The summed E-state index contributed by atoms with van der Waals surface area (Å²) in [6, 6.07) is 1.71. The number of furan rings is 1. The smallest absolute Gasteiger partial charge is 0.272 e. The summed E-state index contributed by atoms with van der Waals surface area (Å²) in [5, 5.41) is 0. The molecule has 5 nitrogen and oxygen atoms in total. The zero-order valence-electron chi connectivity index (χ0n) is 6.81. The van der Waals surface area contributed by atoms with Crippen molar-refractivity contribution >= 4 is 17.9 Å². The van der Waals surface area contributed by atoms with Gasteiger partial charge in [-0.25, -0.2) is 0 Å². The number of amides is 1. The maximum Gasteiger partial charge on any atom is 0.272 e. The van der Waals surface area contributed by atoms with Crippen LogP contribution in [0.4, 0.5) is 0 Å².